The van der Waals surface area contributed by atoms with Crippen LogP contribution in [0.4, 0.5) is 5.69 Å². The Morgan fingerprint density at radius 3 is 1.93 bits per heavy atom. The van der Waals surface area contributed by atoms with E-state index in [1.807, 2.05) is 49.4 Å². The quantitative estimate of drug-likeness (QED) is 0.202. The van der Waals surface area contributed by atoms with Crippen molar-refractivity contribution in [3.8, 4) is 0 Å². The third kappa shape index (κ3) is 7.76. The summed E-state index contributed by atoms with van der Waals surface area (Å²) >= 11 is 13.0. The molecule has 0 aliphatic heterocycles. The molecule has 10 heteroatoms. The molecular formula is C33H33Cl2N3O4S. The largest absolute Gasteiger partial charge is 0.357 e. The Morgan fingerprint density at radius 1 is 0.791 bits per heavy atom. The van der Waals surface area contributed by atoms with Gasteiger partial charge in [0.25, 0.3) is 10.0 Å². The zero-order valence-electron chi connectivity index (χ0n) is 23.9. The predicted molar refractivity (Wildman–Crippen MR) is 172 cm³/mol. The number of hydrogen-bond donors (Lipinski definition) is 1. The van der Waals surface area contributed by atoms with Gasteiger partial charge in [-0.2, -0.15) is 0 Å². The van der Waals surface area contributed by atoms with Crippen molar-refractivity contribution in [1.82, 2.24) is 10.2 Å². The first-order valence-corrected chi connectivity index (χ1v) is 16.0. The molecule has 2 amide bonds. The van der Waals surface area contributed by atoms with Crippen molar-refractivity contribution in [3.05, 3.63) is 130 Å². The Kier molecular flexibility index (Phi) is 10.9. The van der Waals surface area contributed by atoms with E-state index < -0.39 is 34.4 Å². The summed E-state index contributed by atoms with van der Waals surface area (Å²) in [6.45, 7) is 1.32. The first kappa shape index (κ1) is 32.1. The van der Waals surface area contributed by atoms with E-state index in [-0.39, 0.29) is 17.9 Å². The molecule has 4 aromatic rings. The number of sulfonamides is 1. The van der Waals surface area contributed by atoms with Crippen LogP contribution >= 0.6 is 23.2 Å². The molecule has 0 aliphatic rings. The first-order valence-electron chi connectivity index (χ1n) is 13.8. The number of halogens is 2. The fourth-order valence-corrected chi connectivity index (χ4v) is 6.67. The molecule has 0 bridgehead atoms. The van der Waals surface area contributed by atoms with E-state index >= 15 is 0 Å². The van der Waals surface area contributed by atoms with Crippen molar-refractivity contribution < 1.29 is 18.0 Å². The van der Waals surface area contributed by atoms with E-state index in [1.54, 1.807) is 48.5 Å². The molecule has 0 aliphatic carbocycles. The highest BCUT2D eigenvalue weighted by Crippen LogP contribution is 2.29. The van der Waals surface area contributed by atoms with Gasteiger partial charge in [-0.05, 0) is 53.9 Å². The van der Waals surface area contributed by atoms with Crippen molar-refractivity contribution in [2.75, 3.05) is 17.9 Å². The summed E-state index contributed by atoms with van der Waals surface area (Å²) < 4.78 is 29.1. The zero-order valence-corrected chi connectivity index (χ0v) is 26.2. The maximum atomic E-state index is 14.4. The van der Waals surface area contributed by atoms with Gasteiger partial charge in [-0.3, -0.25) is 13.9 Å². The normalized spacial score (nSPS) is 11.9. The molecule has 0 saturated heterocycles. The lowest BCUT2D eigenvalue weighted by Gasteiger charge is -2.34. The minimum Gasteiger partial charge on any atom is -0.357 e. The summed E-state index contributed by atoms with van der Waals surface area (Å²) in [4.78, 5) is 29.1. The Bertz CT molecular complexity index is 1630. The lowest BCUT2D eigenvalue weighted by Crippen LogP contribution is -2.53. The van der Waals surface area contributed by atoms with E-state index in [0.717, 1.165) is 21.9 Å². The van der Waals surface area contributed by atoms with E-state index in [9.17, 15) is 18.0 Å². The number of likely N-dealkylation sites (N-methyl/N-ethyl adjacent to an activating group) is 1. The number of anilines is 1. The van der Waals surface area contributed by atoms with Crippen molar-refractivity contribution in [3.63, 3.8) is 0 Å². The summed E-state index contributed by atoms with van der Waals surface area (Å²) in [5.41, 5.74) is 2.61. The second-order valence-electron chi connectivity index (χ2n) is 9.89. The summed E-state index contributed by atoms with van der Waals surface area (Å²) in [7, 11) is -2.68. The molecule has 0 saturated carbocycles. The van der Waals surface area contributed by atoms with Gasteiger partial charge in [-0.25, -0.2) is 8.42 Å². The zero-order chi connectivity index (χ0) is 31.0. The monoisotopic (exact) mass is 637 g/mol. The Morgan fingerprint density at radius 2 is 1.37 bits per heavy atom. The van der Waals surface area contributed by atoms with Crippen LogP contribution in [-0.4, -0.2) is 44.8 Å². The molecule has 7 nitrogen and oxygen atoms in total. The van der Waals surface area contributed by atoms with Crippen molar-refractivity contribution in [2.24, 2.45) is 0 Å². The van der Waals surface area contributed by atoms with E-state index in [2.05, 4.69) is 5.32 Å². The molecule has 1 atom stereocenters. The standard InChI is InChI=1S/C33H33Cl2N3O4S/c1-3-24-17-19-26(20-18-24)38(43(41,42)27-13-8-5-9-14-27)23-32(39)37(22-28-29(34)15-10-16-30(28)35)31(33(40)36-2)21-25-11-6-4-7-12-25/h4-20,31H,3,21-23H2,1-2H3,(H,36,40)/t31-/m1/s1. The Balaban J connectivity index is 1.81. The number of amides is 2. The maximum absolute atomic E-state index is 14.4. The van der Waals surface area contributed by atoms with Gasteiger partial charge in [-0.1, -0.05) is 96.9 Å². The number of aryl methyl sites for hydroxylation is 1. The summed E-state index contributed by atoms with van der Waals surface area (Å²) in [6.07, 6.45) is 0.954. The van der Waals surface area contributed by atoms with Crippen LogP contribution in [-0.2, 0) is 39.0 Å². The van der Waals surface area contributed by atoms with Crippen LogP contribution in [0.1, 0.15) is 23.6 Å². The number of nitrogens with zero attached hydrogens (tertiary/aromatic N) is 2. The molecule has 224 valence electrons. The van der Waals surface area contributed by atoms with E-state index in [1.165, 1.54) is 24.1 Å². The van der Waals surface area contributed by atoms with Crippen molar-refractivity contribution in [1.29, 1.82) is 0 Å². The fourth-order valence-electron chi connectivity index (χ4n) is 4.72. The molecule has 0 fully saturated rings. The molecule has 4 aromatic carbocycles. The highest BCUT2D eigenvalue weighted by atomic mass is 35.5. The lowest BCUT2D eigenvalue weighted by molar-refractivity contribution is -0.139. The van der Waals surface area contributed by atoms with Crippen LogP contribution in [0.15, 0.2) is 108 Å². The topological polar surface area (TPSA) is 86.8 Å². The molecule has 0 unspecified atom stereocenters. The minimum atomic E-state index is -4.17. The molecule has 0 radical (unpaired) electrons. The van der Waals surface area contributed by atoms with Gasteiger partial charge < -0.3 is 10.2 Å². The second kappa shape index (κ2) is 14.6. The number of carbonyl (C=O) groups excluding carboxylic acids is 2. The SMILES string of the molecule is CCc1ccc(N(CC(=O)N(Cc2c(Cl)cccc2Cl)[C@H](Cc2ccccc2)C(=O)NC)S(=O)(=O)c2ccccc2)cc1. The number of nitrogens with one attached hydrogen (secondary N) is 1. The molecule has 0 heterocycles. The van der Waals surface area contributed by atoms with Crippen LogP contribution < -0.4 is 9.62 Å². The molecule has 43 heavy (non-hydrogen) atoms. The van der Waals surface area contributed by atoms with Crippen LogP contribution in [0.5, 0.6) is 0 Å². The highest BCUT2D eigenvalue weighted by molar-refractivity contribution is 7.92. The number of benzene rings is 4. The van der Waals surface area contributed by atoms with Gasteiger partial charge in [0.1, 0.15) is 12.6 Å². The first-order chi connectivity index (χ1) is 20.6. The second-order valence-corrected chi connectivity index (χ2v) is 12.6. The maximum Gasteiger partial charge on any atom is 0.264 e. The van der Waals surface area contributed by atoms with Gasteiger partial charge >= 0.3 is 0 Å². The fraction of sp³-hybridized carbons (Fsp3) is 0.212. The van der Waals surface area contributed by atoms with Crippen LogP contribution in [0.3, 0.4) is 0 Å². The summed E-state index contributed by atoms with van der Waals surface area (Å²) in [6, 6.07) is 28.3. The smallest absolute Gasteiger partial charge is 0.264 e. The average molecular weight is 639 g/mol. The van der Waals surface area contributed by atoms with E-state index in [0.29, 0.717) is 21.3 Å². The number of hydrogen-bond acceptors (Lipinski definition) is 4. The molecule has 0 spiro atoms. The molecular weight excluding hydrogens is 605 g/mol. The number of carbonyl (C=O) groups is 2. The highest BCUT2D eigenvalue weighted by Gasteiger charge is 2.35. The van der Waals surface area contributed by atoms with Gasteiger partial charge in [-0.15, -0.1) is 0 Å². The average Bonchev–Trinajstić information content (AvgIpc) is 3.03. The van der Waals surface area contributed by atoms with Crippen LogP contribution in [0.2, 0.25) is 10.0 Å². The predicted octanol–water partition coefficient (Wildman–Crippen LogP) is 6.14. The van der Waals surface area contributed by atoms with Crippen molar-refractivity contribution in [2.45, 2.75) is 37.2 Å². The molecule has 0 aromatic heterocycles. The van der Waals surface area contributed by atoms with Crippen molar-refractivity contribution >= 4 is 50.7 Å². The van der Waals surface area contributed by atoms with Gasteiger partial charge in [0, 0.05) is 35.6 Å². The van der Waals surface area contributed by atoms with Gasteiger partial charge in [0.05, 0.1) is 10.6 Å². The lowest BCUT2D eigenvalue weighted by atomic mass is 10.0. The van der Waals surface area contributed by atoms with Gasteiger partial charge in [0.15, 0.2) is 0 Å². The van der Waals surface area contributed by atoms with Crippen LogP contribution in [0.25, 0.3) is 0 Å². The minimum absolute atomic E-state index is 0.0372. The summed E-state index contributed by atoms with van der Waals surface area (Å²) in [5.74, 6) is -1.01. The van der Waals surface area contributed by atoms with Gasteiger partial charge in [0.2, 0.25) is 11.8 Å². The summed E-state index contributed by atoms with van der Waals surface area (Å²) in [5, 5.41) is 3.31. The Labute approximate surface area is 263 Å². The Hall–Kier alpha value is -3.85. The molecule has 4 rings (SSSR count). The third-order valence-electron chi connectivity index (χ3n) is 7.15. The van der Waals surface area contributed by atoms with E-state index in [4.69, 9.17) is 23.2 Å². The van der Waals surface area contributed by atoms with Crippen LogP contribution in [0, 0.1) is 0 Å². The third-order valence-corrected chi connectivity index (χ3v) is 9.65. The number of rotatable bonds is 12. The molecule has 1 N–H and O–H groups in total.